The topological polar surface area (TPSA) is 0 Å². The van der Waals surface area contributed by atoms with Gasteiger partial charge >= 0.3 is 0 Å². The summed E-state index contributed by atoms with van der Waals surface area (Å²) < 4.78 is 40.6. The third-order valence-corrected chi connectivity index (χ3v) is 6.06. The lowest BCUT2D eigenvalue weighted by molar-refractivity contribution is 0.249. The zero-order valence-electron chi connectivity index (χ0n) is 15.7. The minimum absolute atomic E-state index is 0.153. The molecule has 142 valence electrons. The van der Waals surface area contributed by atoms with E-state index in [2.05, 4.69) is 6.92 Å². The van der Waals surface area contributed by atoms with Gasteiger partial charge in [-0.3, -0.25) is 0 Å². The Bertz CT molecular complexity index is 730. The monoisotopic (exact) mass is 362 g/mol. The van der Waals surface area contributed by atoms with Crippen LogP contribution in [0.5, 0.6) is 0 Å². The summed E-state index contributed by atoms with van der Waals surface area (Å²) in [6.07, 6.45) is 12.8. The lowest BCUT2D eigenvalue weighted by atomic mass is 9.77. The molecule has 0 aliphatic heterocycles. The zero-order chi connectivity index (χ0) is 18.5. The van der Waals surface area contributed by atoms with Crippen LogP contribution >= 0.6 is 0 Å². The molecule has 1 aliphatic rings. The van der Waals surface area contributed by atoms with E-state index in [-0.39, 0.29) is 5.39 Å². The van der Waals surface area contributed by atoms with Crippen molar-refractivity contribution in [3.63, 3.8) is 0 Å². The second-order valence-electron chi connectivity index (χ2n) is 7.96. The zero-order valence-corrected chi connectivity index (χ0v) is 15.7. The first kappa shape index (κ1) is 19.3. The second kappa shape index (κ2) is 8.92. The minimum Gasteiger partial charge on any atom is -0.204 e. The van der Waals surface area contributed by atoms with Crippen molar-refractivity contribution < 1.29 is 13.2 Å². The van der Waals surface area contributed by atoms with Crippen LogP contribution in [0.3, 0.4) is 0 Å². The van der Waals surface area contributed by atoms with Crippen molar-refractivity contribution in [2.24, 2.45) is 11.8 Å². The van der Waals surface area contributed by atoms with Crippen molar-refractivity contribution in [2.45, 2.75) is 71.1 Å². The van der Waals surface area contributed by atoms with E-state index in [0.29, 0.717) is 5.39 Å². The lowest BCUT2D eigenvalue weighted by Crippen LogP contribution is -2.15. The highest BCUT2D eigenvalue weighted by Crippen LogP contribution is 2.34. The summed E-state index contributed by atoms with van der Waals surface area (Å²) in [5.41, 5.74) is 1.08. The van der Waals surface area contributed by atoms with Crippen molar-refractivity contribution in [1.29, 1.82) is 0 Å². The molecule has 0 spiro atoms. The predicted molar refractivity (Wildman–Crippen MR) is 102 cm³/mol. The maximum absolute atomic E-state index is 13.8. The van der Waals surface area contributed by atoms with E-state index in [4.69, 9.17) is 0 Å². The average Bonchev–Trinajstić information content (AvgIpc) is 2.65. The molecule has 0 bridgehead atoms. The summed E-state index contributed by atoms with van der Waals surface area (Å²) in [6, 6.07) is 6.32. The fourth-order valence-corrected chi connectivity index (χ4v) is 4.37. The highest BCUT2D eigenvalue weighted by molar-refractivity contribution is 5.84. The van der Waals surface area contributed by atoms with Crippen LogP contribution in [0.1, 0.15) is 70.3 Å². The molecule has 1 aliphatic carbocycles. The van der Waals surface area contributed by atoms with Crippen LogP contribution in [0.25, 0.3) is 10.8 Å². The fraction of sp³-hybridized carbons (Fsp3) is 0.565. The average molecular weight is 362 g/mol. The molecule has 0 atom stereocenters. The van der Waals surface area contributed by atoms with Gasteiger partial charge in [0.05, 0.1) is 0 Å². The van der Waals surface area contributed by atoms with Gasteiger partial charge in [-0.2, -0.15) is 0 Å². The van der Waals surface area contributed by atoms with Gasteiger partial charge in [-0.25, -0.2) is 13.2 Å². The molecule has 26 heavy (non-hydrogen) atoms. The molecular weight excluding hydrogens is 333 g/mol. The van der Waals surface area contributed by atoms with Gasteiger partial charge in [-0.1, -0.05) is 76.5 Å². The summed E-state index contributed by atoms with van der Waals surface area (Å²) in [5.74, 6) is -1.92. The second-order valence-corrected chi connectivity index (χ2v) is 7.96. The largest absolute Gasteiger partial charge is 0.204 e. The SMILES string of the molecule is CCCCCC1CCC(CCc2ccc3c(F)c(F)c(F)cc3c2)CC1. The van der Waals surface area contributed by atoms with E-state index in [1.165, 1.54) is 51.4 Å². The maximum atomic E-state index is 13.8. The fourth-order valence-electron chi connectivity index (χ4n) is 4.37. The van der Waals surface area contributed by atoms with Crippen LogP contribution in [0, 0.1) is 29.3 Å². The number of benzene rings is 2. The third-order valence-electron chi connectivity index (χ3n) is 6.06. The molecule has 3 rings (SSSR count). The molecule has 0 saturated heterocycles. The molecule has 0 amide bonds. The van der Waals surface area contributed by atoms with E-state index < -0.39 is 17.5 Å². The number of aryl methyl sites for hydroxylation is 1. The number of hydrogen-bond donors (Lipinski definition) is 0. The molecule has 0 radical (unpaired) electrons. The van der Waals surface area contributed by atoms with Crippen LogP contribution in [0.15, 0.2) is 24.3 Å². The van der Waals surface area contributed by atoms with Crippen LogP contribution < -0.4 is 0 Å². The first-order valence-electron chi connectivity index (χ1n) is 10.1. The molecule has 1 saturated carbocycles. The van der Waals surface area contributed by atoms with Crippen LogP contribution in [-0.4, -0.2) is 0 Å². The Morgan fingerprint density at radius 2 is 1.54 bits per heavy atom. The predicted octanol–water partition coefficient (Wildman–Crippen LogP) is 7.58. The number of unbranched alkanes of at least 4 members (excludes halogenated alkanes) is 2. The van der Waals surface area contributed by atoms with Gasteiger partial charge in [-0.05, 0) is 41.7 Å². The molecule has 1 fully saturated rings. The van der Waals surface area contributed by atoms with Crippen LogP contribution in [0.2, 0.25) is 0 Å². The van der Waals surface area contributed by atoms with Crippen molar-refractivity contribution in [1.82, 2.24) is 0 Å². The summed E-state index contributed by atoms with van der Waals surface area (Å²) in [5, 5.41) is 0.596. The molecule has 0 aromatic heterocycles. The number of halogens is 3. The van der Waals surface area contributed by atoms with E-state index in [0.717, 1.165) is 36.3 Å². The van der Waals surface area contributed by atoms with Gasteiger partial charge in [0.2, 0.25) is 0 Å². The number of fused-ring (bicyclic) bond motifs is 1. The Morgan fingerprint density at radius 1 is 0.846 bits per heavy atom. The molecule has 0 heterocycles. The minimum atomic E-state index is -1.39. The highest BCUT2D eigenvalue weighted by atomic mass is 19.2. The number of rotatable bonds is 7. The van der Waals surface area contributed by atoms with Gasteiger partial charge < -0.3 is 0 Å². The summed E-state index contributed by atoms with van der Waals surface area (Å²) in [4.78, 5) is 0. The van der Waals surface area contributed by atoms with Gasteiger partial charge in [0.15, 0.2) is 17.5 Å². The van der Waals surface area contributed by atoms with Gasteiger partial charge in [0.1, 0.15) is 0 Å². The first-order valence-corrected chi connectivity index (χ1v) is 10.1. The van der Waals surface area contributed by atoms with Gasteiger partial charge in [0, 0.05) is 5.39 Å². The normalized spacial score (nSPS) is 20.6. The van der Waals surface area contributed by atoms with Crippen LogP contribution in [0.4, 0.5) is 13.2 Å². The Labute approximate surface area is 154 Å². The van der Waals surface area contributed by atoms with Crippen molar-refractivity contribution in [2.75, 3.05) is 0 Å². The van der Waals surface area contributed by atoms with Gasteiger partial charge in [0.25, 0.3) is 0 Å². The van der Waals surface area contributed by atoms with Crippen LogP contribution in [-0.2, 0) is 6.42 Å². The Kier molecular flexibility index (Phi) is 6.61. The standard InChI is InChI=1S/C23H29F3/c1-2-3-4-5-16-6-8-17(9-7-16)10-11-18-12-13-20-19(14-18)15-21(24)23(26)22(20)25/h12-17H,2-11H2,1H3. The van der Waals surface area contributed by atoms with Crippen molar-refractivity contribution in [3.8, 4) is 0 Å². The summed E-state index contributed by atoms with van der Waals surface area (Å²) >= 11 is 0. The highest BCUT2D eigenvalue weighted by Gasteiger charge is 2.21. The molecule has 3 heteroatoms. The molecule has 2 aromatic rings. The molecule has 0 nitrogen and oxygen atoms in total. The summed E-state index contributed by atoms with van der Waals surface area (Å²) in [6.45, 7) is 2.25. The number of hydrogen-bond acceptors (Lipinski definition) is 0. The smallest absolute Gasteiger partial charge is 0.195 e. The van der Waals surface area contributed by atoms with Crippen molar-refractivity contribution in [3.05, 3.63) is 47.3 Å². The first-order chi connectivity index (χ1) is 12.6. The lowest BCUT2D eigenvalue weighted by Gasteiger charge is -2.28. The van der Waals surface area contributed by atoms with E-state index >= 15 is 0 Å². The Morgan fingerprint density at radius 3 is 2.23 bits per heavy atom. The summed E-state index contributed by atoms with van der Waals surface area (Å²) in [7, 11) is 0. The molecule has 0 N–H and O–H groups in total. The van der Waals surface area contributed by atoms with Gasteiger partial charge in [-0.15, -0.1) is 0 Å². The maximum Gasteiger partial charge on any atom is 0.195 e. The van der Waals surface area contributed by atoms with Crippen molar-refractivity contribution >= 4 is 10.8 Å². The van der Waals surface area contributed by atoms with E-state index in [1.807, 2.05) is 6.07 Å². The van der Waals surface area contributed by atoms with E-state index in [1.54, 1.807) is 12.1 Å². The molecular formula is C23H29F3. The van der Waals surface area contributed by atoms with E-state index in [9.17, 15) is 13.2 Å². The quantitative estimate of drug-likeness (QED) is 0.352. The third kappa shape index (κ3) is 4.61. The Hall–Kier alpha value is -1.51. The molecule has 0 unspecified atom stereocenters. The molecule has 2 aromatic carbocycles. The Balaban J connectivity index is 1.53.